The Morgan fingerprint density at radius 1 is 1.13 bits per heavy atom. The van der Waals surface area contributed by atoms with Gasteiger partial charge in [0.1, 0.15) is 12.1 Å². The fraction of sp³-hybridized carbons (Fsp3) is 0.414. The van der Waals surface area contributed by atoms with E-state index in [4.69, 9.17) is 14.2 Å². The lowest BCUT2D eigenvalue weighted by Crippen LogP contribution is -2.37. The van der Waals surface area contributed by atoms with Crippen molar-refractivity contribution in [2.45, 2.75) is 20.3 Å². The topological polar surface area (TPSA) is 97.8 Å². The Bertz CT molecular complexity index is 1220. The maximum atomic E-state index is 11.9. The molecule has 202 valence electrons. The molecule has 0 spiro atoms. The molecular weight excluding hydrogens is 482 g/mol. The third-order valence-electron chi connectivity index (χ3n) is 6.19. The second kappa shape index (κ2) is 13.7. The van der Waals surface area contributed by atoms with Gasteiger partial charge < -0.3 is 24.8 Å². The predicted octanol–water partition coefficient (Wildman–Crippen LogP) is 4.27. The number of hydrogen-bond donors (Lipinski definition) is 2. The maximum Gasteiger partial charge on any atom is 0.244 e. The van der Waals surface area contributed by atoms with Crippen LogP contribution in [0.5, 0.6) is 11.5 Å². The van der Waals surface area contributed by atoms with Gasteiger partial charge in [-0.1, -0.05) is 26.0 Å². The van der Waals surface area contributed by atoms with Crippen molar-refractivity contribution >= 4 is 34.4 Å². The molecule has 1 aliphatic heterocycles. The molecule has 1 amide bonds. The van der Waals surface area contributed by atoms with Crippen LogP contribution < -0.4 is 20.1 Å². The van der Waals surface area contributed by atoms with Crippen LogP contribution in [0, 0.1) is 5.92 Å². The van der Waals surface area contributed by atoms with Crippen molar-refractivity contribution < 1.29 is 19.0 Å². The number of morpholine rings is 1. The number of aromatic nitrogens is 2. The molecule has 0 atom stereocenters. The Hall–Kier alpha value is -3.69. The van der Waals surface area contributed by atoms with Gasteiger partial charge in [0.25, 0.3) is 0 Å². The summed E-state index contributed by atoms with van der Waals surface area (Å²) in [5.41, 5.74) is 2.56. The Labute approximate surface area is 224 Å². The van der Waals surface area contributed by atoms with Gasteiger partial charge in [-0.2, -0.15) is 0 Å². The lowest BCUT2D eigenvalue weighted by atomic mass is 10.1. The first-order chi connectivity index (χ1) is 18.5. The summed E-state index contributed by atoms with van der Waals surface area (Å²) in [6.45, 7) is 9.91. The molecule has 9 heteroatoms. The molecule has 2 N–H and O–H groups in total. The molecule has 1 fully saturated rings. The van der Waals surface area contributed by atoms with E-state index < -0.39 is 0 Å². The van der Waals surface area contributed by atoms with Crippen molar-refractivity contribution in [2.24, 2.45) is 5.92 Å². The fourth-order valence-corrected chi connectivity index (χ4v) is 4.08. The lowest BCUT2D eigenvalue weighted by Gasteiger charge is -2.26. The van der Waals surface area contributed by atoms with Crippen LogP contribution in [0.3, 0.4) is 0 Å². The number of anilines is 2. The third kappa shape index (κ3) is 7.90. The SMILES string of the molecule is COc1cc2c(Nc3ccc(C=CC(=O)NCC(C)C)cc3)ncnc2cc1OCCCN1CCOCC1. The average molecular weight is 520 g/mol. The number of ether oxygens (including phenoxy) is 3. The zero-order valence-corrected chi connectivity index (χ0v) is 22.4. The molecule has 0 unspecified atom stereocenters. The predicted molar refractivity (Wildman–Crippen MR) is 150 cm³/mol. The van der Waals surface area contributed by atoms with Crippen LogP contribution in [0.25, 0.3) is 17.0 Å². The number of methoxy groups -OCH3 is 1. The number of carbonyl (C=O) groups excluding carboxylic acids is 1. The van der Waals surface area contributed by atoms with Gasteiger partial charge in [0.05, 0.1) is 32.4 Å². The number of nitrogens with one attached hydrogen (secondary N) is 2. The highest BCUT2D eigenvalue weighted by molar-refractivity contribution is 5.93. The van der Waals surface area contributed by atoms with Gasteiger partial charge in [-0.05, 0) is 42.2 Å². The van der Waals surface area contributed by atoms with Gasteiger partial charge in [-0.15, -0.1) is 0 Å². The number of rotatable bonds is 12. The van der Waals surface area contributed by atoms with Crippen LogP contribution in [-0.4, -0.2) is 73.9 Å². The summed E-state index contributed by atoms with van der Waals surface area (Å²) in [5, 5.41) is 7.07. The molecule has 0 radical (unpaired) electrons. The Morgan fingerprint density at radius 2 is 1.92 bits per heavy atom. The number of benzene rings is 2. The van der Waals surface area contributed by atoms with Crippen LogP contribution in [0.15, 0.2) is 48.8 Å². The Balaban J connectivity index is 1.39. The van der Waals surface area contributed by atoms with E-state index in [9.17, 15) is 4.79 Å². The van der Waals surface area contributed by atoms with E-state index in [0.717, 1.165) is 61.4 Å². The molecule has 1 saturated heterocycles. The minimum absolute atomic E-state index is 0.0947. The molecule has 2 heterocycles. The molecule has 2 aromatic carbocycles. The summed E-state index contributed by atoms with van der Waals surface area (Å²) in [6.07, 6.45) is 5.81. The first kappa shape index (κ1) is 27.3. The molecule has 1 aromatic heterocycles. The van der Waals surface area contributed by atoms with Gasteiger partial charge >= 0.3 is 0 Å². The van der Waals surface area contributed by atoms with Crippen molar-refractivity contribution in [3.8, 4) is 11.5 Å². The highest BCUT2D eigenvalue weighted by Crippen LogP contribution is 2.34. The van der Waals surface area contributed by atoms with Gasteiger partial charge in [0, 0.05) is 49.4 Å². The van der Waals surface area contributed by atoms with E-state index in [2.05, 4.69) is 39.3 Å². The van der Waals surface area contributed by atoms with Crippen LogP contribution in [-0.2, 0) is 9.53 Å². The van der Waals surface area contributed by atoms with E-state index >= 15 is 0 Å². The minimum atomic E-state index is -0.0947. The molecule has 0 aliphatic carbocycles. The largest absolute Gasteiger partial charge is 0.493 e. The Kier molecular flexibility index (Phi) is 9.89. The summed E-state index contributed by atoms with van der Waals surface area (Å²) in [7, 11) is 1.63. The first-order valence-electron chi connectivity index (χ1n) is 13.1. The van der Waals surface area contributed by atoms with Crippen molar-refractivity contribution in [2.75, 3.05) is 58.4 Å². The van der Waals surface area contributed by atoms with Gasteiger partial charge in [0.2, 0.25) is 5.91 Å². The molecule has 1 aliphatic rings. The van der Waals surface area contributed by atoms with E-state index in [-0.39, 0.29) is 5.91 Å². The van der Waals surface area contributed by atoms with Crippen molar-refractivity contribution in [1.29, 1.82) is 0 Å². The van der Waals surface area contributed by atoms with E-state index in [0.29, 0.717) is 36.4 Å². The molecule has 38 heavy (non-hydrogen) atoms. The van der Waals surface area contributed by atoms with Gasteiger partial charge in [-0.25, -0.2) is 9.97 Å². The van der Waals surface area contributed by atoms with E-state index in [1.54, 1.807) is 19.3 Å². The standard InChI is InChI=1S/C29H37N5O4/c1-21(2)19-30-28(35)10-7-22-5-8-23(9-6-22)33-29-24-17-26(36-3)27(18-25(24)31-20-32-29)38-14-4-11-34-12-15-37-16-13-34/h5-10,17-18,20-21H,4,11-16,19H2,1-3H3,(H,30,35)(H,31,32,33). The normalized spacial score (nSPS) is 14.2. The molecule has 4 rings (SSSR count). The summed E-state index contributed by atoms with van der Waals surface area (Å²) in [4.78, 5) is 23.2. The molecule has 3 aromatic rings. The number of carbonyl (C=O) groups is 1. The van der Waals surface area contributed by atoms with Gasteiger partial charge in [0.15, 0.2) is 11.5 Å². The smallest absolute Gasteiger partial charge is 0.244 e. The molecular formula is C29H37N5O4. The summed E-state index contributed by atoms with van der Waals surface area (Å²) in [5.74, 6) is 2.30. The monoisotopic (exact) mass is 519 g/mol. The lowest BCUT2D eigenvalue weighted by molar-refractivity contribution is -0.116. The van der Waals surface area contributed by atoms with Gasteiger partial charge in [-0.3, -0.25) is 9.69 Å². The van der Waals surface area contributed by atoms with E-state index in [1.165, 1.54) is 6.33 Å². The van der Waals surface area contributed by atoms with Crippen molar-refractivity contribution in [1.82, 2.24) is 20.2 Å². The van der Waals surface area contributed by atoms with Crippen LogP contribution in [0.4, 0.5) is 11.5 Å². The second-order valence-electron chi connectivity index (χ2n) is 9.62. The number of fused-ring (bicyclic) bond motifs is 1. The summed E-state index contributed by atoms with van der Waals surface area (Å²) < 4.78 is 17.1. The number of hydrogen-bond acceptors (Lipinski definition) is 8. The van der Waals surface area contributed by atoms with Crippen molar-refractivity contribution in [3.05, 3.63) is 54.4 Å². The zero-order chi connectivity index (χ0) is 26.7. The summed E-state index contributed by atoms with van der Waals surface area (Å²) >= 11 is 0. The fourth-order valence-electron chi connectivity index (χ4n) is 4.08. The quantitative estimate of drug-likeness (QED) is 0.271. The minimum Gasteiger partial charge on any atom is -0.493 e. The number of nitrogens with zero attached hydrogens (tertiary/aromatic N) is 3. The molecule has 0 bridgehead atoms. The first-order valence-corrected chi connectivity index (χ1v) is 13.1. The van der Waals surface area contributed by atoms with Crippen LogP contribution >= 0.6 is 0 Å². The zero-order valence-electron chi connectivity index (χ0n) is 22.4. The number of amides is 1. The van der Waals surface area contributed by atoms with Crippen molar-refractivity contribution in [3.63, 3.8) is 0 Å². The molecule has 9 nitrogen and oxygen atoms in total. The Morgan fingerprint density at radius 3 is 2.66 bits per heavy atom. The second-order valence-corrected chi connectivity index (χ2v) is 9.62. The van der Waals surface area contributed by atoms with E-state index in [1.807, 2.05) is 36.4 Å². The average Bonchev–Trinajstić information content (AvgIpc) is 2.94. The molecule has 0 saturated carbocycles. The van der Waals surface area contributed by atoms with Crippen LogP contribution in [0.2, 0.25) is 0 Å². The van der Waals surface area contributed by atoms with Crippen LogP contribution in [0.1, 0.15) is 25.8 Å². The maximum absolute atomic E-state index is 11.9. The third-order valence-corrected chi connectivity index (χ3v) is 6.19. The highest BCUT2D eigenvalue weighted by atomic mass is 16.5. The summed E-state index contributed by atoms with van der Waals surface area (Å²) in [6, 6.07) is 11.6. The highest BCUT2D eigenvalue weighted by Gasteiger charge is 2.13.